The van der Waals surface area contributed by atoms with E-state index in [0.717, 1.165) is 18.4 Å². The smallest absolute Gasteiger partial charge is 0.410 e. The molecular weight excluding hydrogens is 578 g/mol. The number of benzene rings is 1. The van der Waals surface area contributed by atoms with Gasteiger partial charge in [-0.25, -0.2) is 9.78 Å². The largest absolute Gasteiger partial charge is 0.497 e. The summed E-state index contributed by atoms with van der Waals surface area (Å²) < 4.78 is 23.9. The van der Waals surface area contributed by atoms with Crippen LogP contribution in [0.15, 0.2) is 18.2 Å². The molecule has 3 heterocycles. The van der Waals surface area contributed by atoms with Gasteiger partial charge in [0.25, 0.3) is 5.91 Å². The fourth-order valence-corrected chi connectivity index (χ4v) is 6.05. The first-order valence-corrected chi connectivity index (χ1v) is 16.1. The van der Waals surface area contributed by atoms with Crippen molar-refractivity contribution in [3.05, 3.63) is 24.0 Å². The predicted octanol–water partition coefficient (Wildman–Crippen LogP) is 4.05. The van der Waals surface area contributed by atoms with Crippen molar-refractivity contribution in [1.29, 1.82) is 0 Å². The van der Waals surface area contributed by atoms with E-state index in [1.807, 2.05) is 53.3 Å². The molecule has 12 heteroatoms. The molecule has 0 bridgehead atoms. The van der Waals surface area contributed by atoms with Crippen LogP contribution in [-0.4, -0.2) is 121 Å². The third-order valence-corrected chi connectivity index (χ3v) is 8.14. The van der Waals surface area contributed by atoms with Gasteiger partial charge in [-0.1, -0.05) is 13.8 Å². The summed E-state index contributed by atoms with van der Waals surface area (Å²) in [6, 6.07) is 5.20. The maximum Gasteiger partial charge on any atom is 0.410 e. The highest BCUT2D eigenvalue weighted by Crippen LogP contribution is 2.29. The number of aryl methyl sites for hydroxylation is 1. The van der Waals surface area contributed by atoms with E-state index >= 15 is 0 Å². The van der Waals surface area contributed by atoms with Crippen LogP contribution < -0.4 is 4.74 Å². The number of amides is 3. The highest BCUT2D eigenvalue weighted by Gasteiger charge is 2.42. The van der Waals surface area contributed by atoms with Gasteiger partial charge in [-0.15, -0.1) is 0 Å². The second kappa shape index (κ2) is 15.3. The van der Waals surface area contributed by atoms with Gasteiger partial charge in [-0.05, 0) is 58.1 Å². The number of carbonyl (C=O) groups is 3. The quantitative estimate of drug-likeness (QED) is 0.342. The van der Waals surface area contributed by atoms with E-state index in [0.29, 0.717) is 69.5 Å². The highest BCUT2D eigenvalue weighted by molar-refractivity contribution is 5.95. The molecule has 2 fully saturated rings. The summed E-state index contributed by atoms with van der Waals surface area (Å²) in [6.45, 7) is 13.7. The van der Waals surface area contributed by atoms with E-state index in [9.17, 15) is 14.4 Å². The van der Waals surface area contributed by atoms with E-state index in [2.05, 4.69) is 13.8 Å². The van der Waals surface area contributed by atoms with Gasteiger partial charge in [0.1, 0.15) is 11.4 Å². The van der Waals surface area contributed by atoms with E-state index in [-0.39, 0.29) is 30.8 Å². The van der Waals surface area contributed by atoms with Crippen LogP contribution in [-0.2, 0) is 25.5 Å². The van der Waals surface area contributed by atoms with Crippen LogP contribution in [0.5, 0.6) is 5.75 Å². The minimum Gasteiger partial charge on any atom is -0.497 e. The maximum absolute atomic E-state index is 14.6. The summed E-state index contributed by atoms with van der Waals surface area (Å²) in [6.07, 6.45) is 1.59. The number of morpholine rings is 1. The Kier molecular flexibility index (Phi) is 11.7. The lowest BCUT2D eigenvalue weighted by Gasteiger charge is -2.44. The lowest BCUT2D eigenvalue weighted by molar-refractivity contribution is -0.142. The molecule has 2 aromatic rings. The number of nitrogens with zero attached hydrogens (tertiary/aromatic N) is 5. The van der Waals surface area contributed by atoms with Crippen LogP contribution in [0, 0.1) is 11.8 Å². The molecule has 1 aromatic carbocycles. The summed E-state index contributed by atoms with van der Waals surface area (Å²) in [5.74, 6) is 0.433. The normalized spacial score (nSPS) is 19.2. The summed E-state index contributed by atoms with van der Waals surface area (Å²) >= 11 is 0. The first kappa shape index (κ1) is 34.5. The number of carbonyl (C=O) groups excluding carboxylic acids is 3. The van der Waals surface area contributed by atoms with Gasteiger partial charge in [-0.3, -0.25) is 9.59 Å². The fourth-order valence-electron chi connectivity index (χ4n) is 6.05. The molecule has 1 aromatic heterocycles. The topological polar surface area (TPSA) is 116 Å². The van der Waals surface area contributed by atoms with E-state index < -0.39 is 23.7 Å². The predicted molar refractivity (Wildman–Crippen MR) is 170 cm³/mol. The number of hydrogen-bond acceptors (Lipinski definition) is 8. The number of imidazole rings is 1. The van der Waals surface area contributed by atoms with Gasteiger partial charge >= 0.3 is 6.09 Å². The molecule has 12 nitrogen and oxygen atoms in total. The summed E-state index contributed by atoms with van der Waals surface area (Å²) in [4.78, 5) is 51.9. The Labute approximate surface area is 266 Å². The molecule has 45 heavy (non-hydrogen) atoms. The number of unbranched alkanes of at least 4 members (excludes halogenated alkanes) is 1. The molecule has 1 unspecified atom stereocenters. The van der Waals surface area contributed by atoms with Crippen molar-refractivity contribution in [2.24, 2.45) is 11.8 Å². The van der Waals surface area contributed by atoms with E-state index in [4.69, 9.17) is 23.9 Å². The standard InChI is InChI=1S/C33H51N5O7/c1-23(2)20-38(31(40)29-34-27-11-10-26(43-7)19-28(27)37(29)12-8-9-15-42-6)25-18-24(30(39)35-13-16-44-17-14-35)21-36(22-25)32(41)45-33(3,4)5/h10-11,19,23-25H,8-9,12-18,20-22H2,1-7H3/t24?,25-/m0/s1. The van der Waals surface area contributed by atoms with Crippen molar-refractivity contribution in [3.8, 4) is 5.75 Å². The van der Waals surface area contributed by atoms with Crippen LogP contribution in [0.4, 0.5) is 4.79 Å². The number of fused-ring (bicyclic) bond motifs is 1. The second-order valence-corrected chi connectivity index (χ2v) is 13.4. The van der Waals surface area contributed by atoms with Gasteiger partial charge in [0.2, 0.25) is 5.91 Å². The first-order chi connectivity index (χ1) is 21.4. The third-order valence-electron chi connectivity index (χ3n) is 8.14. The molecule has 3 amide bonds. The molecule has 0 aliphatic carbocycles. The zero-order chi connectivity index (χ0) is 32.7. The van der Waals surface area contributed by atoms with Gasteiger partial charge in [0.05, 0.1) is 43.3 Å². The molecule has 2 atom stereocenters. The average Bonchev–Trinajstić information content (AvgIpc) is 3.38. The fraction of sp³-hybridized carbons (Fsp3) is 0.697. The number of aromatic nitrogens is 2. The molecule has 4 rings (SSSR count). The van der Waals surface area contributed by atoms with Crippen LogP contribution >= 0.6 is 0 Å². The SMILES string of the molecule is COCCCCn1c(C(=O)N(CC(C)C)[C@H]2CC(C(=O)N3CCOCC3)CN(C(=O)OC(C)(C)C)C2)nc2ccc(OC)cc21. The van der Waals surface area contributed by atoms with Crippen molar-refractivity contribution in [3.63, 3.8) is 0 Å². The minimum absolute atomic E-state index is 0.0222. The lowest BCUT2D eigenvalue weighted by Crippen LogP contribution is -2.58. The average molecular weight is 630 g/mol. The first-order valence-electron chi connectivity index (χ1n) is 16.1. The summed E-state index contributed by atoms with van der Waals surface area (Å²) in [5, 5.41) is 0. The Bertz CT molecular complexity index is 1310. The maximum atomic E-state index is 14.6. The number of rotatable bonds is 11. The second-order valence-electron chi connectivity index (χ2n) is 13.4. The van der Waals surface area contributed by atoms with Crippen LogP contribution in [0.3, 0.4) is 0 Å². The molecule has 2 aliphatic heterocycles. The Morgan fingerprint density at radius 3 is 2.44 bits per heavy atom. The highest BCUT2D eigenvalue weighted by atomic mass is 16.6. The zero-order valence-corrected chi connectivity index (χ0v) is 28.0. The number of ether oxygens (including phenoxy) is 4. The molecule has 0 radical (unpaired) electrons. The van der Waals surface area contributed by atoms with Crippen molar-refractivity contribution < 1.29 is 33.3 Å². The zero-order valence-electron chi connectivity index (χ0n) is 28.0. The number of piperidine rings is 1. The Balaban J connectivity index is 1.71. The molecule has 2 saturated heterocycles. The molecular formula is C33H51N5O7. The van der Waals surface area contributed by atoms with Crippen molar-refractivity contribution in [2.45, 2.75) is 72.1 Å². The molecule has 0 saturated carbocycles. The van der Waals surface area contributed by atoms with Gasteiger partial charge < -0.3 is 38.2 Å². The van der Waals surface area contributed by atoms with Gasteiger partial charge in [0.15, 0.2) is 5.82 Å². The van der Waals surface area contributed by atoms with E-state index in [1.54, 1.807) is 19.1 Å². The number of likely N-dealkylation sites (tertiary alicyclic amines) is 1. The Morgan fingerprint density at radius 2 is 1.80 bits per heavy atom. The van der Waals surface area contributed by atoms with Crippen LogP contribution in [0.1, 0.15) is 64.5 Å². The van der Waals surface area contributed by atoms with Crippen molar-refractivity contribution >= 4 is 28.9 Å². The monoisotopic (exact) mass is 629 g/mol. The van der Waals surface area contributed by atoms with Crippen LogP contribution in [0.2, 0.25) is 0 Å². The summed E-state index contributed by atoms with van der Waals surface area (Å²) in [5.41, 5.74) is 0.824. The Morgan fingerprint density at radius 1 is 1.07 bits per heavy atom. The number of hydrogen-bond donors (Lipinski definition) is 0. The minimum atomic E-state index is -0.699. The Hall–Kier alpha value is -3.38. The lowest BCUT2D eigenvalue weighted by atomic mass is 9.91. The number of methoxy groups -OCH3 is 2. The van der Waals surface area contributed by atoms with E-state index in [1.165, 1.54) is 0 Å². The van der Waals surface area contributed by atoms with Crippen molar-refractivity contribution in [2.75, 3.05) is 66.8 Å². The molecule has 250 valence electrons. The van der Waals surface area contributed by atoms with Gasteiger partial charge in [-0.2, -0.15) is 0 Å². The van der Waals surface area contributed by atoms with Crippen LogP contribution in [0.25, 0.3) is 11.0 Å². The summed E-state index contributed by atoms with van der Waals surface area (Å²) in [7, 11) is 3.29. The third kappa shape index (κ3) is 8.88. The molecule has 0 N–H and O–H groups in total. The van der Waals surface area contributed by atoms with Crippen molar-refractivity contribution in [1.82, 2.24) is 24.3 Å². The van der Waals surface area contributed by atoms with Gasteiger partial charge in [0, 0.05) is 59.1 Å². The molecule has 2 aliphatic rings. The molecule has 0 spiro atoms.